The van der Waals surface area contributed by atoms with E-state index in [1.807, 2.05) is 24.4 Å². The van der Waals surface area contributed by atoms with Crippen molar-refractivity contribution in [2.75, 3.05) is 13.2 Å². The SMILES string of the molecule is NNC(Cc1ccccn1)CC1CCOC1. The van der Waals surface area contributed by atoms with Gasteiger partial charge in [0, 0.05) is 37.6 Å². The topological polar surface area (TPSA) is 60.2 Å². The molecule has 4 heteroatoms. The molecule has 1 aliphatic rings. The predicted octanol–water partition coefficient (Wildman–Crippen LogP) is 0.883. The van der Waals surface area contributed by atoms with Crippen LogP contribution >= 0.6 is 0 Å². The summed E-state index contributed by atoms with van der Waals surface area (Å²) in [5.74, 6) is 6.22. The summed E-state index contributed by atoms with van der Waals surface area (Å²) in [6.07, 6.45) is 4.92. The van der Waals surface area contributed by atoms with Gasteiger partial charge >= 0.3 is 0 Å². The number of hydrogen-bond acceptors (Lipinski definition) is 4. The Labute approximate surface area is 96.2 Å². The van der Waals surface area contributed by atoms with Crippen molar-refractivity contribution in [1.82, 2.24) is 10.4 Å². The molecule has 0 aromatic carbocycles. The van der Waals surface area contributed by atoms with Crippen LogP contribution in [-0.2, 0) is 11.2 Å². The smallest absolute Gasteiger partial charge is 0.0495 e. The van der Waals surface area contributed by atoms with E-state index in [0.29, 0.717) is 12.0 Å². The van der Waals surface area contributed by atoms with Gasteiger partial charge in [0.15, 0.2) is 0 Å². The van der Waals surface area contributed by atoms with Crippen LogP contribution in [-0.4, -0.2) is 24.2 Å². The number of ether oxygens (including phenoxy) is 1. The molecule has 1 fully saturated rings. The Bertz CT molecular complexity index is 298. The third kappa shape index (κ3) is 3.27. The zero-order valence-corrected chi connectivity index (χ0v) is 9.43. The van der Waals surface area contributed by atoms with E-state index in [0.717, 1.165) is 38.2 Å². The monoisotopic (exact) mass is 221 g/mol. The Hall–Kier alpha value is -0.970. The summed E-state index contributed by atoms with van der Waals surface area (Å²) < 4.78 is 5.37. The summed E-state index contributed by atoms with van der Waals surface area (Å²) >= 11 is 0. The van der Waals surface area contributed by atoms with Gasteiger partial charge in [0.05, 0.1) is 0 Å². The molecule has 0 bridgehead atoms. The molecule has 16 heavy (non-hydrogen) atoms. The average Bonchev–Trinajstić information content (AvgIpc) is 2.82. The lowest BCUT2D eigenvalue weighted by Gasteiger charge is -2.18. The predicted molar refractivity (Wildman–Crippen MR) is 62.6 cm³/mol. The number of rotatable bonds is 5. The zero-order chi connectivity index (χ0) is 11.2. The summed E-state index contributed by atoms with van der Waals surface area (Å²) in [6.45, 7) is 1.77. The molecule has 2 atom stereocenters. The van der Waals surface area contributed by atoms with Crippen molar-refractivity contribution < 1.29 is 4.74 Å². The molecule has 2 rings (SSSR count). The van der Waals surface area contributed by atoms with Gasteiger partial charge in [-0.3, -0.25) is 16.3 Å². The van der Waals surface area contributed by atoms with E-state index in [1.165, 1.54) is 0 Å². The molecular formula is C12H19N3O. The maximum Gasteiger partial charge on any atom is 0.0495 e. The van der Waals surface area contributed by atoms with Crippen molar-refractivity contribution >= 4 is 0 Å². The molecule has 1 aromatic rings. The zero-order valence-electron chi connectivity index (χ0n) is 9.43. The minimum absolute atomic E-state index is 0.293. The lowest BCUT2D eigenvalue weighted by molar-refractivity contribution is 0.181. The molecule has 1 saturated heterocycles. The first-order valence-electron chi connectivity index (χ1n) is 5.82. The fourth-order valence-corrected chi connectivity index (χ4v) is 2.15. The van der Waals surface area contributed by atoms with Crippen molar-refractivity contribution in [3.05, 3.63) is 30.1 Å². The van der Waals surface area contributed by atoms with E-state index < -0.39 is 0 Å². The minimum Gasteiger partial charge on any atom is -0.381 e. The van der Waals surface area contributed by atoms with Gasteiger partial charge in [-0.15, -0.1) is 0 Å². The molecule has 1 aliphatic heterocycles. The highest BCUT2D eigenvalue weighted by Crippen LogP contribution is 2.19. The Kier molecular flexibility index (Phi) is 4.27. The molecule has 1 aromatic heterocycles. The molecule has 0 saturated carbocycles. The van der Waals surface area contributed by atoms with Gasteiger partial charge < -0.3 is 4.74 Å². The number of hydrogen-bond donors (Lipinski definition) is 2. The Morgan fingerprint density at radius 3 is 3.12 bits per heavy atom. The van der Waals surface area contributed by atoms with E-state index >= 15 is 0 Å². The lowest BCUT2D eigenvalue weighted by atomic mass is 9.96. The van der Waals surface area contributed by atoms with E-state index in [2.05, 4.69) is 10.4 Å². The summed E-state index contributed by atoms with van der Waals surface area (Å²) in [4.78, 5) is 4.31. The largest absolute Gasteiger partial charge is 0.381 e. The van der Waals surface area contributed by atoms with Crippen LogP contribution in [0.15, 0.2) is 24.4 Å². The van der Waals surface area contributed by atoms with Crippen LogP contribution in [0.25, 0.3) is 0 Å². The van der Waals surface area contributed by atoms with Crippen LogP contribution in [0, 0.1) is 5.92 Å². The highest BCUT2D eigenvalue weighted by atomic mass is 16.5. The van der Waals surface area contributed by atoms with Gasteiger partial charge in [0.1, 0.15) is 0 Å². The van der Waals surface area contributed by atoms with Crippen LogP contribution in [0.1, 0.15) is 18.5 Å². The normalized spacial score (nSPS) is 22.2. The summed E-state index contributed by atoms with van der Waals surface area (Å²) in [6, 6.07) is 6.27. The number of aromatic nitrogens is 1. The van der Waals surface area contributed by atoms with E-state index in [1.54, 1.807) is 0 Å². The highest BCUT2D eigenvalue weighted by Gasteiger charge is 2.20. The van der Waals surface area contributed by atoms with Crippen molar-refractivity contribution in [3.8, 4) is 0 Å². The van der Waals surface area contributed by atoms with Crippen LogP contribution in [0.4, 0.5) is 0 Å². The minimum atomic E-state index is 0.293. The molecular weight excluding hydrogens is 202 g/mol. The van der Waals surface area contributed by atoms with Crippen molar-refractivity contribution in [2.45, 2.75) is 25.3 Å². The van der Waals surface area contributed by atoms with Gasteiger partial charge in [-0.1, -0.05) is 6.07 Å². The highest BCUT2D eigenvalue weighted by molar-refractivity contribution is 5.05. The molecule has 2 heterocycles. The van der Waals surface area contributed by atoms with Gasteiger partial charge in [-0.05, 0) is 30.9 Å². The fourth-order valence-electron chi connectivity index (χ4n) is 2.15. The summed E-state index contributed by atoms with van der Waals surface area (Å²) in [5.41, 5.74) is 3.97. The van der Waals surface area contributed by atoms with Crippen molar-refractivity contribution in [2.24, 2.45) is 11.8 Å². The first kappa shape index (κ1) is 11.5. The number of hydrazine groups is 1. The molecule has 4 nitrogen and oxygen atoms in total. The summed E-state index contributed by atoms with van der Waals surface area (Å²) in [7, 11) is 0. The first-order valence-corrected chi connectivity index (χ1v) is 5.82. The molecule has 88 valence electrons. The summed E-state index contributed by atoms with van der Waals surface area (Å²) in [5, 5.41) is 0. The quantitative estimate of drug-likeness (QED) is 0.572. The molecule has 0 aliphatic carbocycles. The van der Waals surface area contributed by atoms with E-state index in [4.69, 9.17) is 10.6 Å². The van der Waals surface area contributed by atoms with E-state index in [9.17, 15) is 0 Å². The maximum absolute atomic E-state index is 5.58. The standard InChI is InChI=1S/C12H19N3O/c13-15-12(7-10-4-6-16-9-10)8-11-3-1-2-5-14-11/h1-3,5,10,12,15H,4,6-9,13H2. The third-order valence-electron chi connectivity index (χ3n) is 3.06. The fraction of sp³-hybridized carbons (Fsp3) is 0.583. The maximum atomic E-state index is 5.58. The second-order valence-corrected chi connectivity index (χ2v) is 4.35. The Morgan fingerprint density at radius 2 is 2.50 bits per heavy atom. The van der Waals surface area contributed by atoms with Gasteiger partial charge in [0.2, 0.25) is 0 Å². The molecule has 2 unspecified atom stereocenters. The van der Waals surface area contributed by atoms with Gasteiger partial charge in [0.25, 0.3) is 0 Å². The van der Waals surface area contributed by atoms with Crippen molar-refractivity contribution in [3.63, 3.8) is 0 Å². The molecule has 0 radical (unpaired) electrons. The average molecular weight is 221 g/mol. The molecule has 3 N–H and O–H groups in total. The Morgan fingerprint density at radius 1 is 1.56 bits per heavy atom. The third-order valence-corrected chi connectivity index (χ3v) is 3.06. The van der Waals surface area contributed by atoms with Crippen LogP contribution in [0.2, 0.25) is 0 Å². The lowest BCUT2D eigenvalue weighted by Crippen LogP contribution is -2.38. The number of nitrogens with two attached hydrogens (primary N) is 1. The van der Waals surface area contributed by atoms with Crippen LogP contribution in [0.5, 0.6) is 0 Å². The molecule has 0 amide bonds. The second-order valence-electron chi connectivity index (χ2n) is 4.35. The number of nitrogens with zero attached hydrogens (tertiary/aromatic N) is 1. The van der Waals surface area contributed by atoms with E-state index in [-0.39, 0.29) is 0 Å². The first-order chi connectivity index (χ1) is 7.88. The van der Waals surface area contributed by atoms with Crippen molar-refractivity contribution in [1.29, 1.82) is 0 Å². The number of pyridine rings is 1. The molecule has 0 spiro atoms. The second kappa shape index (κ2) is 5.94. The Balaban J connectivity index is 1.85. The van der Waals surface area contributed by atoms with Crippen LogP contribution < -0.4 is 11.3 Å². The van der Waals surface area contributed by atoms with Crippen LogP contribution in [0.3, 0.4) is 0 Å². The van der Waals surface area contributed by atoms with Gasteiger partial charge in [-0.2, -0.15) is 0 Å². The number of nitrogens with one attached hydrogen (secondary N) is 1. The van der Waals surface area contributed by atoms with Gasteiger partial charge in [-0.25, -0.2) is 0 Å².